The Bertz CT molecular complexity index is 1180. The van der Waals surface area contributed by atoms with Crippen LogP contribution in [0.5, 0.6) is 6.01 Å². The Balaban J connectivity index is 1.48. The third kappa shape index (κ3) is 5.09. The van der Waals surface area contributed by atoms with Crippen LogP contribution in [0.15, 0.2) is 30.1 Å². The summed E-state index contributed by atoms with van der Waals surface area (Å²) >= 11 is 6.54. The lowest BCUT2D eigenvalue weighted by molar-refractivity contribution is 0.187. The van der Waals surface area contributed by atoms with Crippen molar-refractivity contribution >= 4 is 23.1 Å². The number of nitriles is 1. The summed E-state index contributed by atoms with van der Waals surface area (Å²) in [4.78, 5) is 16.7. The molecule has 0 saturated carbocycles. The minimum atomic E-state index is 0.351. The highest BCUT2D eigenvalue weighted by atomic mass is 35.5. The van der Waals surface area contributed by atoms with Crippen LogP contribution in [0.4, 0.5) is 11.5 Å². The normalized spacial score (nSPS) is 19.9. The highest BCUT2D eigenvalue weighted by molar-refractivity contribution is 6.31. The van der Waals surface area contributed by atoms with E-state index in [0.717, 1.165) is 73.2 Å². The van der Waals surface area contributed by atoms with Crippen LogP contribution in [0.3, 0.4) is 0 Å². The number of ether oxygens (including phenoxy) is 1. The number of nitrogens with zero attached hydrogens (tertiary/aromatic N) is 6. The van der Waals surface area contributed by atoms with Gasteiger partial charge in [0.2, 0.25) is 0 Å². The van der Waals surface area contributed by atoms with Gasteiger partial charge in [-0.3, -0.25) is 0 Å². The smallest absolute Gasteiger partial charge is 0.318 e. The lowest BCUT2D eigenvalue weighted by atomic mass is 10.0. The molecule has 0 aliphatic carbocycles. The first-order valence-corrected chi connectivity index (χ1v) is 13.3. The first-order valence-electron chi connectivity index (χ1n) is 12.9. The summed E-state index contributed by atoms with van der Waals surface area (Å²) in [5.74, 6) is 0.896. The average Bonchev–Trinajstić information content (AvgIpc) is 3.31. The molecule has 4 heterocycles. The minimum absolute atomic E-state index is 0.351. The van der Waals surface area contributed by atoms with Gasteiger partial charge in [-0.2, -0.15) is 15.2 Å². The molecule has 0 unspecified atom stereocenters. The summed E-state index contributed by atoms with van der Waals surface area (Å²) in [5.41, 5.74) is 5.41. The zero-order valence-electron chi connectivity index (χ0n) is 21.1. The van der Waals surface area contributed by atoms with E-state index in [1.807, 2.05) is 18.3 Å². The van der Waals surface area contributed by atoms with Crippen LogP contribution in [-0.2, 0) is 19.4 Å². The number of likely N-dealkylation sites (tertiary alicyclic amines) is 1. The second-order valence-corrected chi connectivity index (χ2v) is 10.1. The van der Waals surface area contributed by atoms with Crippen molar-refractivity contribution in [3.8, 4) is 12.1 Å². The lowest BCUT2D eigenvalue weighted by Gasteiger charge is -2.35. The maximum atomic E-state index is 9.19. The summed E-state index contributed by atoms with van der Waals surface area (Å²) in [5, 5.41) is 13.3. The van der Waals surface area contributed by atoms with Gasteiger partial charge in [0, 0.05) is 53.8 Å². The third-order valence-electron chi connectivity index (χ3n) is 7.45. The van der Waals surface area contributed by atoms with E-state index in [2.05, 4.69) is 46.1 Å². The van der Waals surface area contributed by atoms with Gasteiger partial charge in [0.05, 0.1) is 24.7 Å². The van der Waals surface area contributed by atoms with Gasteiger partial charge in [0.1, 0.15) is 12.4 Å². The molecule has 0 radical (unpaired) electrons. The largest absolute Gasteiger partial charge is 0.462 e. The van der Waals surface area contributed by atoms with Crippen molar-refractivity contribution in [2.45, 2.75) is 51.6 Å². The predicted molar refractivity (Wildman–Crippen MR) is 142 cm³/mol. The molecule has 1 N–H and O–H groups in total. The Morgan fingerprint density at radius 2 is 2.14 bits per heavy atom. The van der Waals surface area contributed by atoms with Crippen LogP contribution in [0.25, 0.3) is 0 Å². The zero-order valence-corrected chi connectivity index (χ0v) is 21.9. The molecule has 5 rings (SSSR count). The van der Waals surface area contributed by atoms with E-state index < -0.39 is 0 Å². The van der Waals surface area contributed by atoms with Crippen LogP contribution in [-0.4, -0.2) is 60.7 Å². The topological polar surface area (TPSA) is 80.6 Å². The summed E-state index contributed by atoms with van der Waals surface area (Å²) in [6.45, 7) is 6.93. The Kier molecular flexibility index (Phi) is 7.49. The van der Waals surface area contributed by atoms with E-state index in [1.165, 1.54) is 17.7 Å². The molecule has 3 aliphatic rings. The number of fused-ring (bicyclic) bond motifs is 1. The maximum absolute atomic E-state index is 9.19. The molecule has 190 valence electrons. The number of rotatable bonds is 7. The van der Waals surface area contributed by atoms with Crippen molar-refractivity contribution < 1.29 is 4.74 Å². The number of allylic oxidation sites excluding steroid dienone is 1. The summed E-state index contributed by atoms with van der Waals surface area (Å²) in [7, 11) is 2.15. The van der Waals surface area contributed by atoms with E-state index in [-0.39, 0.29) is 0 Å². The first kappa shape index (κ1) is 24.7. The van der Waals surface area contributed by atoms with Crippen LogP contribution in [0.2, 0.25) is 5.02 Å². The molecule has 0 amide bonds. The fourth-order valence-corrected chi connectivity index (χ4v) is 5.75. The van der Waals surface area contributed by atoms with E-state index in [1.54, 1.807) is 0 Å². The molecule has 9 heteroatoms. The molecule has 3 aliphatic heterocycles. The van der Waals surface area contributed by atoms with Gasteiger partial charge in [-0.25, -0.2) is 0 Å². The average molecular weight is 508 g/mol. The summed E-state index contributed by atoms with van der Waals surface area (Å²) in [6, 6.07) is 9.20. The highest BCUT2D eigenvalue weighted by Crippen LogP contribution is 2.35. The number of benzene rings is 1. The monoisotopic (exact) mass is 507 g/mol. The maximum Gasteiger partial charge on any atom is 0.318 e. The van der Waals surface area contributed by atoms with Crippen LogP contribution in [0, 0.1) is 11.3 Å². The Morgan fingerprint density at radius 1 is 1.25 bits per heavy atom. The van der Waals surface area contributed by atoms with Crippen LogP contribution in [0.1, 0.15) is 43.0 Å². The fourth-order valence-electron chi connectivity index (χ4n) is 5.45. The number of hydrogen-bond donors (Lipinski definition) is 1. The predicted octanol–water partition coefficient (Wildman–Crippen LogP) is 3.89. The van der Waals surface area contributed by atoms with E-state index in [4.69, 9.17) is 26.3 Å². The minimum Gasteiger partial charge on any atom is -0.462 e. The Labute approximate surface area is 218 Å². The standard InChI is InChI=1S/C27H34ClN7O/c1-3-21-23(28)7-4-8-25(21)34-14-10-22-24(17-34)31-27(36-18-20-6-5-13-33(20)2)32-26(22)35-15-12-30-19(16-35)9-11-29/h4,7-8,16,20,30H,3,5-6,9-10,12-15,17-18H2,1-2H3/t20-/m0/s1. The van der Waals surface area contributed by atoms with Gasteiger partial charge in [0.15, 0.2) is 0 Å². The van der Waals surface area contributed by atoms with Crippen molar-refractivity contribution in [3.05, 3.63) is 51.9 Å². The van der Waals surface area contributed by atoms with Crippen molar-refractivity contribution in [3.63, 3.8) is 0 Å². The summed E-state index contributed by atoms with van der Waals surface area (Å²) in [6.07, 6.45) is 6.41. The highest BCUT2D eigenvalue weighted by Gasteiger charge is 2.28. The van der Waals surface area contributed by atoms with Crippen molar-refractivity contribution in [2.75, 3.05) is 49.6 Å². The molecule has 1 aromatic carbocycles. The molecule has 1 aromatic heterocycles. The van der Waals surface area contributed by atoms with Gasteiger partial charge in [-0.05, 0) is 57.0 Å². The fraction of sp³-hybridized carbons (Fsp3) is 0.519. The number of nitrogens with one attached hydrogen (secondary N) is 1. The van der Waals surface area contributed by atoms with Gasteiger partial charge in [-0.15, -0.1) is 0 Å². The molecule has 1 saturated heterocycles. The molecule has 8 nitrogen and oxygen atoms in total. The number of likely N-dealkylation sites (N-methyl/N-ethyl adjacent to an activating group) is 1. The molecule has 2 aromatic rings. The SMILES string of the molecule is CCc1c(Cl)cccc1N1CCc2c(nc(OC[C@@H]3CCCN3C)nc2N2C=C(CC#N)NCC2)C1. The van der Waals surface area contributed by atoms with Crippen LogP contribution < -0.4 is 19.9 Å². The second-order valence-electron chi connectivity index (χ2n) is 9.71. The quantitative estimate of drug-likeness (QED) is 0.604. The first-order chi connectivity index (χ1) is 17.6. The van der Waals surface area contributed by atoms with E-state index >= 15 is 0 Å². The molecular formula is C27H34ClN7O. The van der Waals surface area contributed by atoms with Gasteiger partial charge in [0.25, 0.3) is 0 Å². The zero-order chi connectivity index (χ0) is 25.1. The molecule has 1 atom stereocenters. The van der Waals surface area contributed by atoms with Gasteiger partial charge in [-0.1, -0.05) is 24.6 Å². The molecule has 0 bridgehead atoms. The summed E-state index contributed by atoms with van der Waals surface area (Å²) < 4.78 is 6.22. The molecule has 36 heavy (non-hydrogen) atoms. The molecular weight excluding hydrogens is 474 g/mol. The lowest BCUT2D eigenvalue weighted by Crippen LogP contribution is -2.38. The van der Waals surface area contributed by atoms with Crippen molar-refractivity contribution in [2.24, 2.45) is 0 Å². The Morgan fingerprint density at radius 3 is 2.92 bits per heavy atom. The van der Waals surface area contributed by atoms with Crippen LogP contribution >= 0.6 is 11.6 Å². The third-order valence-corrected chi connectivity index (χ3v) is 7.80. The van der Waals surface area contributed by atoms with Gasteiger partial charge >= 0.3 is 6.01 Å². The number of aromatic nitrogens is 2. The Hall–Kier alpha value is -3.02. The van der Waals surface area contributed by atoms with Gasteiger partial charge < -0.3 is 24.8 Å². The molecule has 0 spiro atoms. The van der Waals surface area contributed by atoms with Crippen molar-refractivity contribution in [1.82, 2.24) is 20.2 Å². The number of anilines is 2. The van der Waals surface area contributed by atoms with Crippen molar-refractivity contribution in [1.29, 1.82) is 5.26 Å². The van der Waals surface area contributed by atoms with E-state index in [9.17, 15) is 5.26 Å². The number of halogens is 1. The second kappa shape index (κ2) is 10.9. The molecule has 1 fully saturated rings. The number of hydrogen-bond acceptors (Lipinski definition) is 8. The van der Waals surface area contributed by atoms with E-state index in [0.29, 0.717) is 31.6 Å².